The van der Waals surface area contributed by atoms with Gasteiger partial charge in [0.15, 0.2) is 0 Å². The number of rotatable bonds is 6. The first kappa shape index (κ1) is 20.2. The zero-order valence-electron chi connectivity index (χ0n) is 15.2. The molecule has 1 aromatic carbocycles. The van der Waals surface area contributed by atoms with Crippen molar-refractivity contribution in [1.82, 2.24) is 9.62 Å². The van der Waals surface area contributed by atoms with Gasteiger partial charge in [0.05, 0.1) is 7.11 Å². The van der Waals surface area contributed by atoms with Crippen LogP contribution in [0.15, 0.2) is 23.1 Å². The van der Waals surface area contributed by atoms with Crippen molar-refractivity contribution in [3.05, 3.63) is 23.8 Å². The van der Waals surface area contributed by atoms with Crippen molar-refractivity contribution < 1.29 is 22.7 Å². The number of primary amides is 1. The molecule has 0 bridgehead atoms. The number of piperidine rings is 1. The molecule has 144 valence electrons. The fourth-order valence-electron chi connectivity index (χ4n) is 2.94. The van der Waals surface area contributed by atoms with Crippen molar-refractivity contribution in [3.8, 4) is 5.75 Å². The van der Waals surface area contributed by atoms with Crippen LogP contribution < -0.4 is 15.2 Å². The van der Waals surface area contributed by atoms with Gasteiger partial charge in [-0.05, 0) is 44.9 Å². The number of nitrogens with one attached hydrogen (secondary N) is 1. The van der Waals surface area contributed by atoms with Crippen LogP contribution >= 0.6 is 0 Å². The van der Waals surface area contributed by atoms with Crippen LogP contribution in [0.25, 0.3) is 0 Å². The molecule has 1 aliphatic heterocycles. The van der Waals surface area contributed by atoms with Gasteiger partial charge in [-0.1, -0.05) is 0 Å². The largest absolute Gasteiger partial charge is 0.495 e. The molecule has 0 saturated carbocycles. The fourth-order valence-corrected chi connectivity index (χ4v) is 4.39. The van der Waals surface area contributed by atoms with E-state index >= 15 is 0 Å². The van der Waals surface area contributed by atoms with Gasteiger partial charge in [-0.3, -0.25) is 9.59 Å². The van der Waals surface area contributed by atoms with Crippen LogP contribution in [0.2, 0.25) is 0 Å². The van der Waals surface area contributed by atoms with Crippen molar-refractivity contribution in [2.24, 2.45) is 11.7 Å². The summed E-state index contributed by atoms with van der Waals surface area (Å²) in [5.74, 6) is -0.686. The molecule has 1 aromatic rings. The van der Waals surface area contributed by atoms with E-state index in [1.54, 1.807) is 18.7 Å². The summed E-state index contributed by atoms with van der Waals surface area (Å²) < 4.78 is 32.7. The van der Waals surface area contributed by atoms with E-state index < -0.39 is 10.0 Å². The average molecular weight is 383 g/mol. The molecule has 1 fully saturated rings. The number of amides is 2. The summed E-state index contributed by atoms with van der Waals surface area (Å²) in [7, 11) is -2.44. The van der Waals surface area contributed by atoms with Crippen molar-refractivity contribution >= 4 is 21.8 Å². The van der Waals surface area contributed by atoms with Gasteiger partial charge in [0.25, 0.3) is 5.91 Å². The molecule has 9 heteroatoms. The molecule has 2 amide bonds. The first-order valence-corrected chi connectivity index (χ1v) is 9.93. The zero-order chi connectivity index (χ0) is 19.5. The second-order valence-electron chi connectivity index (χ2n) is 6.61. The second kappa shape index (κ2) is 8.05. The van der Waals surface area contributed by atoms with Gasteiger partial charge in [0.1, 0.15) is 10.6 Å². The van der Waals surface area contributed by atoms with Gasteiger partial charge in [-0.15, -0.1) is 0 Å². The number of likely N-dealkylation sites (tertiary alicyclic amines) is 1. The Morgan fingerprint density at radius 2 is 1.88 bits per heavy atom. The monoisotopic (exact) mass is 383 g/mol. The number of carbonyl (C=O) groups is 2. The molecule has 1 aliphatic rings. The number of ether oxygens (including phenoxy) is 1. The van der Waals surface area contributed by atoms with Crippen LogP contribution in [0.1, 0.15) is 37.0 Å². The number of methoxy groups -OCH3 is 1. The first-order valence-electron chi connectivity index (χ1n) is 8.44. The van der Waals surface area contributed by atoms with E-state index in [1.807, 2.05) is 0 Å². The summed E-state index contributed by atoms with van der Waals surface area (Å²) in [5, 5.41) is 0. The minimum absolute atomic E-state index is 0.0772. The smallest absolute Gasteiger partial charge is 0.253 e. The topological polar surface area (TPSA) is 119 Å². The molecule has 0 radical (unpaired) electrons. The van der Waals surface area contributed by atoms with E-state index in [0.29, 0.717) is 25.9 Å². The van der Waals surface area contributed by atoms with Gasteiger partial charge < -0.3 is 15.4 Å². The summed E-state index contributed by atoms with van der Waals surface area (Å²) in [4.78, 5) is 25.5. The Labute approximate surface area is 153 Å². The van der Waals surface area contributed by atoms with Crippen molar-refractivity contribution in [2.45, 2.75) is 37.6 Å². The Balaban J connectivity index is 2.27. The minimum Gasteiger partial charge on any atom is -0.495 e. The molecule has 0 unspecified atom stereocenters. The van der Waals surface area contributed by atoms with E-state index in [2.05, 4.69) is 4.72 Å². The summed E-state index contributed by atoms with van der Waals surface area (Å²) in [5.41, 5.74) is 5.57. The van der Waals surface area contributed by atoms with E-state index in [-0.39, 0.29) is 40.0 Å². The van der Waals surface area contributed by atoms with E-state index in [9.17, 15) is 18.0 Å². The maximum absolute atomic E-state index is 12.7. The highest BCUT2D eigenvalue weighted by molar-refractivity contribution is 7.89. The number of sulfonamides is 1. The Morgan fingerprint density at radius 3 is 2.38 bits per heavy atom. The lowest BCUT2D eigenvalue weighted by Gasteiger charge is -2.30. The van der Waals surface area contributed by atoms with E-state index in [1.165, 1.54) is 25.3 Å². The van der Waals surface area contributed by atoms with Gasteiger partial charge in [-0.25, -0.2) is 13.1 Å². The van der Waals surface area contributed by atoms with Gasteiger partial charge in [-0.2, -0.15) is 0 Å². The molecular weight excluding hydrogens is 358 g/mol. The van der Waals surface area contributed by atoms with Gasteiger partial charge in [0, 0.05) is 30.6 Å². The average Bonchev–Trinajstić information content (AvgIpc) is 2.59. The molecule has 3 N–H and O–H groups in total. The summed E-state index contributed by atoms with van der Waals surface area (Å²) in [6, 6.07) is 4.04. The lowest BCUT2D eigenvalue weighted by molar-refractivity contribution is -0.123. The van der Waals surface area contributed by atoms with Crippen LogP contribution in [0.4, 0.5) is 0 Å². The summed E-state index contributed by atoms with van der Waals surface area (Å²) in [6.45, 7) is 4.24. The minimum atomic E-state index is -3.82. The highest BCUT2D eigenvalue weighted by Crippen LogP contribution is 2.26. The Morgan fingerprint density at radius 1 is 1.27 bits per heavy atom. The predicted octanol–water partition coefficient (Wildman–Crippen LogP) is 0.719. The maximum atomic E-state index is 12.7. The highest BCUT2D eigenvalue weighted by Gasteiger charge is 2.28. The number of hydrogen-bond donors (Lipinski definition) is 2. The van der Waals surface area contributed by atoms with Crippen LogP contribution in [-0.2, 0) is 14.8 Å². The third-order valence-corrected chi connectivity index (χ3v) is 5.96. The number of hydrogen-bond acceptors (Lipinski definition) is 5. The van der Waals surface area contributed by atoms with Crippen LogP contribution in [0, 0.1) is 5.92 Å². The molecule has 0 atom stereocenters. The first-order chi connectivity index (χ1) is 12.2. The molecule has 8 nitrogen and oxygen atoms in total. The third kappa shape index (κ3) is 4.53. The van der Waals surface area contributed by atoms with Crippen molar-refractivity contribution in [3.63, 3.8) is 0 Å². The second-order valence-corrected chi connectivity index (χ2v) is 8.29. The van der Waals surface area contributed by atoms with Crippen LogP contribution in [-0.4, -0.2) is 51.4 Å². The Kier molecular flexibility index (Phi) is 6.25. The van der Waals surface area contributed by atoms with Gasteiger partial charge >= 0.3 is 0 Å². The van der Waals surface area contributed by atoms with Crippen LogP contribution in [0.3, 0.4) is 0 Å². The lowest BCUT2D eigenvalue weighted by atomic mass is 9.96. The molecule has 1 heterocycles. The third-order valence-electron chi connectivity index (χ3n) is 4.28. The molecule has 0 spiro atoms. The number of nitrogens with zero attached hydrogens (tertiary/aromatic N) is 1. The Hall–Kier alpha value is -2.13. The zero-order valence-corrected chi connectivity index (χ0v) is 16.0. The van der Waals surface area contributed by atoms with Crippen LogP contribution in [0.5, 0.6) is 5.75 Å². The van der Waals surface area contributed by atoms with Gasteiger partial charge in [0.2, 0.25) is 15.9 Å². The van der Waals surface area contributed by atoms with E-state index in [0.717, 1.165) is 0 Å². The summed E-state index contributed by atoms with van der Waals surface area (Å²) in [6.07, 6.45) is 1.02. The quantitative estimate of drug-likeness (QED) is 0.750. The Bertz CT molecular complexity index is 784. The van der Waals surface area contributed by atoms with Crippen molar-refractivity contribution in [1.29, 1.82) is 0 Å². The lowest BCUT2D eigenvalue weighted by Crippen LogP contribution is -2.41. The molecular formula is C17H25N3O5S. The molecule has 0 aliphatic carbocycles. The predicted molar refractivity (Wildman–Crippen MR) is 96.3 cm³/mol. The highest BCUT2D eigenvalue weighted by atomic mass is 32.2. The molecule has 26 heavy (non-hydrogen) atoms. The number of carbonyl (C=O) groups excluding carboxylic acids is 2. The standard InChI is InChI=1S/C17H25N3O5S/c1-11(2)19-26(23,24)15-10-13(4-5-14(15)25-3)17(22)20-8-6-12(7-9-20)16(18)21/h4-5,10-12,19H,6-9H2,1-3H3,(H2,18,21). The number of nitrogens with two attached hydrogens (primary N) is 1. The fraction of sp³-hybridized carbons (Fsp3) is 0.529. The van der Waals surface area contributed by atoms with Crippen molar-refractivity contribution in [2.75, 3.05) is 20.2 Å². The molecule has 1 saturated heterocycles. The maximum Gasteiger partial charge on any atom is 0.253 e. The SMILES string of the molecule is COc1ccc(C(=O)N2CCC(C(N)=O)CC2)cc1S(=O)(=O)NC(C)C. The normalized spacial score (nSPS) is 15.9. The number of benzene rings is 1. The summed E-state index contributed by atoms with van der Waals surface area (Å²) >= 11 is 0. The molecule has 0 aromatic heterocycles. The molecule has 2 rings (SSSR count). The van der Waals surface area contributed by atoms with E-state index in [4.69, 9.17) is 10.5 Å².